The fraction of sp³-hybridized carbons (Fsp3) is 0.571. The molecule has 1 aromatic carbocycles. The number of hydrogen-bond donors (Lipinski definition) is 2. The van der Waals surface area contributed by atoms with Gasteiger partial charge >= 0.3 is 5.97 Å². The van der Waals surface area contributed by atoms with Crippen molar-refractivity contribution in [3.05, 3.63) is 24.3 Å². The molecule has 9 nitrogen and oxygen atoms in total. The topological polar surface area (TPSA) is 112 Å². The summed E-state index contributed by atoms with van der Waals surface area (Å²) in [7, 11) is 1.63. The third-order valence-corrected chi connectivity index (χ3v) is 5.47. The summed E-state index contributed by atoms with van der Waals surface area (Å²) in [6, 6.07) is 7.53. The number of nitrogens with one attached hydrogen (secondary N) is 1. The van der Waals surface area contributed by atoms with Crippen molar-refractivity contribution >= 4 is 23.5 Å². The predicted octanol–water partition coefficient (Wildman–Crippen LogP) is 0.871. The van der Waals surface area contributed by atoms with Crippen LogP contribution in [-0.2, 0) is 19.1 Å². The van der Waals surface area contributed by atoms with E-state index in [-0.39, 0.29) is 18.4 Å². The average molecular weight is 419 g/mol. The smallest absolute Gasteiger partial charge is 0.336 e. The first-order valence-electron chi connectivity index (χ1n) is 10.3. The average Bonchev–Trinajstić information content (AvgIpc) is 3.55. The highest BCUT2D eigenvalue weighted by atomic mass is 16.6. The Hall–Kier alpha value is -2.81. The number of methoxy groups -OCH3 is 1. The zero-order valence-electron chi connectivity index (χ0n) is 17.4. The number of rotatable bonds is 9. The van der Waals surface area contributed by atoms with E-state index in [4.69, 9.17) is 14.6 Å². The van der Waals surface area contributed by atoms with Crippen LogP contribution in [0.4, 0.5) is 5.69 Å². The number of anilines is 1. The molecular formula is C21H29N3O6. The molecule has 3 unspecified atom stereocenters. The zero-order chi connectivity index (χ0) is 21.7. The van der Waals surface area contributed by atoms with Gasteiger partial charge in [0.05, 0.1) is 7.11 Å². The second-order valence-corrected chi connectivity index (χ2v) is 7.58. The molecule has 0 aromatic heterocycles. The van der Waals surface area contributed by atoms with Gasteiger partial charge in [0.2, 0.25) is 5.91 Å². The van der Waals surface area contributed by atoms with Crippen LogP contribution in [0.15, 0.2) is 24.3 Å². The number of aliphatic carboxylic acids is 1. The summed E-state index contributed by atoms with van der Waals surface area (Å²) in [5.74, 6) is -0.802. The molecule has 2 heterocycles. The van der Waals surface area contributed by atoms with Gasteiger partial charge in [0.15, 0.2) is 12.2 Å². The maximum atomic E-state index is 12.8. The fourth-order valence-corrected chi connectivity index (χ4v) is 3.70. The molecule has 164 valence electrons. The molecule has 0 saturated carbocycles. The van der Waals surface area contributed by atoms with Crippen LogP contribution in [0.5, 0.6) is 5.75 Å². The summed E-state index contributed by atoms with van der Waals surface area (Å²) in [6.45, 7) is 4.68. The van der Waals surface area contributed by atoms with Crippen molar-refractivity contribution in [3.8, 4) is 5.75 Å². The van der Waals surface area contributed by atoms with Crippen LogP contribution in [0, 0.1) is 0 Å². The van der Waals surface area contributed by atoms with E-state index < -0.39 is 24.1 Å². The highest BCUT2D eigenvalue weighted by Gasteiger charge is 2.51. The number of piperazine rings is 1. The molecule has 3 atom stereocenters. The second kappa shape index (κ2) is 9.80. The molecular weight excluding hydrogens is 390 g/mol. The van der Waals surface area contributed by atoms with E-state index in [1.165, 1.54) is 0 Å². The van der Waals surface area contributed by atoms with Gasteiger partial charge in [0, 0.05) is 44.3 Å². The molecule has 1 aromatic rings. The molecule has 0 radical (unpaired) electrons. The largest absolute Gasteiger partial charge is 0.497 e. The Morgan fingerprint density at radius 1 is 1.17 bits per heavy atom. The Morgan fingerprint density at radius 3 is 2.37 bits per heavy atom. The molecule has 2 aliphatic heterocycles. The predicted molar refractivity (Wildman–Crippen MR) is 110 cm³/mol. The Bertz CT molecular complexity index is 761. The molecule has 2 amide bonds. The minimum absolute atomic E-state index is 0.00497. The standard InChI is InChI=1S/C21H29N3O6/c1-3-4-14(22-20(26)18-19(30-18)21(27)28)13-17(25)24-11-9-23(10-12-24)15-5-7-16(29-2)8-6-15/h5-8,14,18-19H,3-4,9-13H2,1-2H3,(H,22,26)(H,27,28). The lowest BCUT2D eigenvalue weighted by Crippen LogP contribution is -2.50. The van der Waals surface area contributed by atoms with Crippen molar-refractivity contribution < 1.29 is 29.0 Å². The van der Waals surface area contributed by atoms with E-state index >= 15 is 0 Å². The van der Waals surface area contributed by atoms with Crippen molar-refractivity contribution in [2.45, 2.75) is 44.4 Å². The van der Waals surface area contributed by atoms with Crippen LogP contribution in [0.1, 0.15) is 26.2 Å². The first-order valence-corrected chi connectivity index (χ1v) is 10.3. The summed E-state index contributed by atoms with van der Waals surface area (Å²) < 4.78 is 10.1. The van der Waals surface area contributed by atoms with Crippen LogP contribution in [0.2, 0.25) is 0 Å². The van der Waals surface area contributed by atoms with E-state index in [0.29, 0.717) is 19.5 Å². The summed E-state index contributed by atoms with van der Waals surface area (Å²) in [6.07, 6.45) is -0.378. The van der Waals surface area contributed by atoms with E-state index in [1.54, 1.807) is 7.11 Å². The van der Waals surface area contributed by atoms with Crippen molar-refractivity contribution in [2.24, 2.45) is 0 Å². The first kappa shape index (κ1) is 21.9. The summed E-state index contributed by atoms with van der Waals surface area (Å²) in [5.41, 5.74) is 1.09. The lowest BCUT2D eigenvalue weighted by atomic mass is 10.1. The number of ether oxygens (including phenoxy) is 2. The molecule has 0 bridgehead atoms. The quantitative estimate of drug-likeness (QED) is 0.571. The minimum atomic E-state index is -1.15. The van der Waals surface area contributed by atoms with Gasteiger partial charge in [0.25, 0.3) is 5.91 Å². The van der Waals surface area contributed by atoms with Gasteiger partial charge in [-0.1, -0.05) is 13.3 Å². The van der Waals surface area contributed by atoms with Crippen molar-refractivity contribution in [2.75, 3.05) is 38.2 Å². The fourth-order valence-electron chi connectivity index (χ4n) is 3.70. The lowest BCUT2D eigenvalue weighted by molar-refractivity contribution is -0.138. The first-order chi connectivity index (χ1) is 14.4. The van der Waals surface area contributed by atoms with Crippen LogP contribution in [0.3, 0.4) is 0 Å². The highest BCUT2D eigenvalue weighted by molar-refractivity contribution is 5.92. The Balaban J connectivity index is 1.48. The van der Waals surface area contributed by atoms with Crippen LogP contribution >= 0.6 is 0 Å². The maximum absolute atomic E-state index is 12.8. The minimum Gasteiger partial charge on any atom is -0.497 e. The molecule has 30 heavy (non-hydrogen) atoms. The molecule has 0 spiro atoms. The van der Waals surface area contributed by atoms with E-state index in [2.05, 4.69) is 10.2 Å². The number of benzene rings is 1. The molecule has 2 fully saturated rings. The van der Waals surface area contributed by atoms with Gasteiger partial charge in [-0.2, -0.15) is 0 Å². The van der Waals surface area contributed by atoms with Crippen molar-refractivity contribution in [3.63, 3.8) is 0 Å². The Morgan fingerprint density at radius 2 is 1.83 bits per heavy atom. The number of carboxylic acids is 1. The van der Waals surface area contributed by atoms with E-state index in [1.807, 2.05) is 36.1 Å². The van der Waals surface area contributed by atoms with E-state index in [9.17, 15) is 14.4 Å². The normalized spacial score (nSPS) is 21.7. The van der Waals surface area contributed by atoms with Gasteiger partial charge in [-0.05, 0) is 30.7 Å². The van der Waals surface area contributed by atoms with Gasteiger partial charge in [0.1, 0.15) is 5.75 Å². The zero-order valence-corrected chi connectivity index (χ0v) is 17.4. The Kier molecular flexibility index (Phi) is 7.15. The number of amides is 2. The maximum Gasteiger partial charge on any atom is 0.336 e. The van der Waals surface area contributed by atoms with Gasteiger partial charge in [-0.3, -0.25) is 9.59 Å². The van der Waals surface area contributed by atoms with Gasteiger partial charge in [-0.25, -0.2) is 4.79 Å². The van der Waals surface area contributed by atoms with Crippen LogP contribution < -0.4 is 15.0 Å². The summed E-state index contributed by atoms with van der Waals surface area (Å²) in [5, 5.41) is 11.7. The number of carbonyl (C=O) groups excluding carboxylic acids is 2. The third-order valence-electron chi connectivity index (χ3n) is 5.47. The molecule has 0 aliphatic carbocycles. The molecule has 3 rings (SSSR count). The van der Waals surface area contributed by atoms with Crippen LogP contribution in [0.25, 0.3) is 0 Å². The number of nitrogens with zero attached hydrogens (tertiary/aromatic N) is 2. The SMILES string of the molecule is CCCC(CC(=O)N1CCN(c2ccc(OC)cc2)CC1)NC(=O)C1OC1C(=O)O. The summed E-state index contributed by atoms with van der Waals surface area (Å²) >= 11 is 0. The van der Waals surface area contributed by atoms with E-state index in [0.717, 1.165) is 30.9 Å². The third kappa shape index (κ3) is 5.41. The number of carboxylic acid groups (broad SMARTS) is 1. The highest BCUT2D eigenvalue weighted by Crippen LogP contribution is 2.23. The lowest BCUT2D eigenvalue weighted by Gasteiger charge is -2.36. The number of hydrogen-bond acceptors (Lipinski definition) is 6. The monoisotopic (exact) mass is 419 g/mol. The molecule has 9 heteroatoms. The molecule has 2 aliphatic rings. The van der Waals surface area contributed by atoms with Gasteiger partial charge < -0.3 is 29.7 Å². The number of carbonyl (C=O) groups is 3. The molecule has 2 saturated heterocycles. The number of epoxide rings is 1. The van der Waals surface area contributed by atoms with Crippen molar-refractivity contribution in [1.82, 2.24) is 10.2 Å². The van der Waals surface area contributed by atoms with Gasteiger partial charge in [-0.15, -0.1) is 0 Å². The van der Waals surface area contributed by atoms with Crippen LogP contribution in [-0.4, -0.2) is 79.3 Å². The second-order valence-electron chi connectivity index (χ2n) is 7.58. The summed E-state index contributed by atoms with van der Waals surface area (Å²) in [4.78, 5) is 39.8. The Labute approximate surface area is 175 Å². The van der Waals surface area contributed by atoms with Crippen molar-refractivity contribution in [1.29, 1.82) is 0 Å². The molecule has 2 N–H and O–H groups in total.